The van der Waals surface area contributed by atoms with E-state index in [4.69, 9.17) is 4.74 Å². The summed E-state index contributed by atoms with van der Waals surface area (Å²) in [6.45, 7) is 3.47. The maximum Gasteiger partial charge on any atom is 0.193 e. The normalized spacial score (nSPS) is 14.1. The Morgan fingerprint density at radius 1 is 1.19 bits per heavy atom. The lowest BCUT2D eigenvalue weighted by Crippen LogP contribution is -2.19. The van der Waals surface area contributed by atoms with Crippen LogP contribution in [0.3, 0.4) is 0 Å². The van der Waals surface area contributed by atoms with E-state index in [0.29, 0.717) is 16.7 Å². The van der Waals surface area contributed by atoms with E-state index in [1.165, 1.54) is 12.3 Å². The van der Waals surface area contributed by atoms with Crippen LogP contribution in [0.4, 0.5) is 0 Å². The number of fused-ring (bicyclic) bond motifs is 1. The maximum atomic E-state index is 11.9. The first kappa shape index (κ1) is 10.4. The van der Waals surface area contributed by atoms with Gasteiger partial charge in [0.1, 0.15) is 6.61 Å². The first-order valence-electron chi connectivity index (χ1n) is 4.85. The highest BCUT2D eigenvalue weighted by molar-refractivity contribution is 6.24. The predicted molar refractivity (Wildman–Crippen MR) is 59.3 cm³/mol. The second-order valence-corrected chi connectivity index (χ2v) is 3.39. The van der Waals surface area contributed by atoms with Gasteiger partial charge in [0, 0.05) is 16.7 Å². The van der Waals surface area contributed by atoms with Crippen molar-refractivity contribution in [3.63, 3.8) is 0 Å². The Morgan fingerprint density at radius 3 is 2.56 bits per heavy atom. The Morgan fingerprint density at radius 2 is 1.88 bits per heavy atom. The van der Waals surface area contributed by atoms with Crippen LogP contribution >= 0.6 is 0 Å². The van der Waals surface area contributed by atoms with E-state index < -0.39 is 0 Å². The standard InChI is InChI=1S/C13H10O3/c1-2-16-8-9-7-12(14)10-5-3-4-6-11(10)13(9)15/h2-7H,1,8H2. The molecule has 3 nitrogen and oxygen atoms in total. The molecule has 16 heavy (non-hydrogen) atoms. The lowest BCUT2D eigenvalue weighted by molar-refractivity contribution is 0.0970. The molecule has 0 N–H and O–H groups in total. The number of hydrogen-bond acceptors (Lipinski definition) is 3. The molecule has 3 heteroatoms. The summed E-state index contributed by atoms with van der Waals surface area (Å²) in [5, 5.41) is 0. The minimum Gasteiger partial charge on any atom is -0.497 e. The summed E-state index contributed by atoms with van der Waals surface area (Å²) in [6.07, 6.45) is 2.58. The van der Waals surface area contributed by atoms with Gasteiger partial charge >= 0.3 is 0 Å². The first-order chi connectivity index (χ1) is 7.74. The van der Waals surface area contributed by atoms with Gasteiger partial charge in [-0.15, -0.1) is 0 Å². The minimum atomic E-state index is -0.156. The van der Waals surface area contributed by atoms with Crippen molar-refractivity contribution in [1.82, 2.24) is 0 Å². The molecule has 0 aromatic heterocycles. The third kappa shape index (κ3) is 1.67. The molecule has 0 radical (unpaired) electrons. The second kappa shape index (κ2) is 4.14. The van der Waals surface area contributed by atoms with Crippen LogP contribution in [0.25, 0.3) is 0 Å². The zero-order valence-corrected chi connectivity index (χ0v) is 8.60. The van der Waals surface area contributed by atoms with Gasteiger partial charge in [0.05, 0.1) is 6.26 Å². The molecule has 1 aromatic carbocycles. The Bertz CT molecular complexity index is 498. The van der Waals surface area contributed by atoms with E-state index >= 15 is 0 Å². The fourth-order valence-corrected chi connectivity index (χ4v) is 1.63. The smallest absolute Gasteiger partial charge is 0.193 e. The van der Waals surface area contributed by atoms with Gasteiger partial charge in [0.2, 0.25) is 0 Å². The Hall–Kier alpha value is -2.16. The van der Waals surface area contributed by atoms with Crippen molar-refractivity contribution in [1.29, 1.82) is 0 Å². The quantitative estimate of drug-likeness (QED) is 0.724. The molecule has 0 atom stereocenters. The second-order valence-electron chi connectivity index (χ2n) is 3.39. The molecule has 1 aromatic rings. The molecular formula is C13H10O3. The monoisotopic (exact) mass is 214 g/mol. The minimum absolute atomic E-state index is 0.0857. The topological polar surface area (TPSA) is 43.4 Å². The Kier molecular flexibility index (Phi) is 2.68. The van der Waals surface area contributed by atoms with E-state index in [0.717, 1.165) is 0 Å². The van der Waals surface area contributed by atoms with Crippen molar-refractivity contribution in [3.8, 4) is 0 Å². The molecule has 1 aliphatic rings. The van der Waals surface area contributed by atoms with Gasteiger partial charge in [-0.3, -0.25) is 9.59 Å². The van der Waals surface area contributed by atoms with Crippen molar-refractivity contribution >= 4 is 11.6 Å². The summed E-state index contributed by atoms with van der Waals surface area (Å²) in [6, 6.07) is 6.78. The molecule has 0 fully saturated rings. The van der Waals surface area contributed by atoms with Crippen LogP contribution in [0.2, 0.25) is 0 Å². The highest BCUT2D eigenvalue weighted by Crippen LogP contribution is 2.21. The van der Waals surface area contributed by atoms with Gasteiger partial charge in [-0.25, -0.2) is 0 Å². The van der Waals surface area contributed by atoms with Crippen LogP contribution in [0.1, 0.15) is 20.7 Å². The molecule has 0 amide bonds. The van der Waals surface area contributed by atoms with E-state index in [9.17, 15) is 9.59 Å². The van der Waals surface area contributed by atoms with Crippen molar-refractivity contribution in [2.24, 2.45) is 0 Å². The highest BCUT2D eigenvalue weighted by Gasteiger charge is 2.24. The van der Waals surface area contributed by atoms with E-state index in [1.54, 1.807) is 24.3 Å². The molecule has 80 valence electrons. The van der Waals surface area contributed by atoms with Crippen molar-refractivity contribution < 1.29 is 14.3 Å². The zero-order chi connectivity index (χ0) is 11.5. The van der Waals surface area contributed by atoms with Gasteiger partial charge in [-0.2, -0.15) is 0 Å². The largest absolute Gasteiger partial charge is 0.497 e. The number of carbonyl (C=O) groups is 2. The zero-order valence-electron chi connectivity index (χ0n) is 8.60. The van der Waals surface area contributed by atoms with E-state index in [1.807, 2.05) is 0 Å². The summed E-state index contributed by atoms with van der Waals surface area (Å²) < 4.78 is 4.93. The van der Waals surface area contributed by atoms with Gasteiger partial charge in [-0.05, 0) is 6.08 Å². The number of carbonyl (C=O) groups excluding carboxylic acids is 2. The number of ether oxygens (including phenoxy) is 1. The number of benzene rings is 1. The fraction of sp³-hybridized carbons (Fsp3) is 0.0769. The van der Waals surface area contributed by atoms with Gasteiger partial charge in [0.15, 0.2) is 11.6 Å². The Balaban J connectivity index is 2.39. The van der Waals surface area contributed by atoms with Crippen molar-refractivity contribution in [3.05, 3.63) is 59.9 Å². The van der Waals surface area contributed by atoms with Crippen LogP contribution in [0.15, 0.2) is 48.8 Å². The maximum absolute atomic E-state index is 11.9. The number of allylic oxidation sites excluding steroid dienone is 1. The summed E-state index contributed by atoms with van der Waals surface area (Å²) >= 11 is 0. The lowest BCUT2D eigenvalue weighted by atomic mass is 9.90. The summed E-state index contributed by atoms with van der Waals surface area (Å²) in [5.74, 6) is -0.310. The third-order valence-electron chi connectivity index (χ3n) is 2.39. The van der Waals surface area contributed by atoms with Crippen LogP contribution in [-0.2, 0) is 4.74 Å². The molecule has 1 aliphatic carbocycles. The third-order valence-corrected chi connectivity index (χ3v) is 2.39. The molecular weight excluding hydrogens is 204 g/mol. The molecule has 0 saturated heterocycles. The number of ketones is 2. The molecule has 2 rings (SSSR count). The van der Waals surface area contributed by atoms with E-state index in [-0.39, 0.29) is 18.2 Å². The average Bonchev–Trinajstić information content (AvgIpc) is 2.32. The molecule has 0 spiro atoms. The van der Waals surface area contributed by atoms with Crippen molar-refractivity contribution in [2.75, 3.05) is 6.61 Å². The van der Waals surface area contributed by atoms with Crippen LogP contribution < -0.4 is 0 Å². The highest BCUT2D eigenvalue weighted by atomic mass is 16.5. The summed E-state index contributed by atoms with van der Waals surface area (Å²) in [7, 11) is 0. The molecule has 0 aliphatic heterocycles. The number of rotatable bonds is 3. The summed E-state index contributed by atoms with van der Waals surface area (Å²) in [5.41, 5.74) is 1.26. The van der Waals surface area contributed by atoms with Crippen LogP contribution in [0.5, 0.6) is 0 Å². The molecule has 0 saturated carbocycles. The predicted octanol–water partition coefficient (Wildman–Crippen LogP) is 2.15. The van der Waals surface area contributed by atoms with Crippen LogP contribution in [0, 0.1) is 0 Å². The first-order valence-corrected chi connectivity index (χ1v) is 4.85. The molecule has 0 bridgehead atoms. The number of hydrogen-bond donors (Lipinski definition) is 0. The Labute approximate surface area is 93.0 Å². The SMILES string of the molecule is C=COCC1=CC(=O)c2ccccc2C1=O. The average molecular weight is 214 g/mol. The molecule has 0 heterocycles. The van der Waals surface area contributed by atoms with Crippen molar-refractivity contribution in [2.45, 2.75) is 0 Å². The van der Waals surface area contributed by atoms with Gasteiger partial charge in [0.25, 0.3) is 0 Å². The molecule has 0 unspecified atom stereocenters. The fourth-order valence-electron chi connectivity index (χ4n) is 1.63. The van der Waals surface area contributed by atoms with Gasteiger partial charge < -0.3 is 4.74 Å². The lowest BCUT2D eigenvalue weighted by Gasteiger charge is -2.14. The van der Waals surface area contributed by atoms with Gasteiger partial charge in [-0.1, -0.05) is 30.8 Å². The summed E-state index contributed by atoms with van der Waals surface area (Å²) in [4.78, 5) is 23.6. The number of Topliss-reactive ketones (excluding diaryl/α,β-unsaturated/α-hetero) is 1. The van der Waals surface area contributed by atoms with Crippen LogP contribution in [-0.4, -0.2) is 18.2 Å². The van der Waals surface area contributed by atoms with E-state index in [2.05, 4.69) is 6.58 Å².